The lowest BCUT2D eigenvalue weighted by Gasteiger charge is -2.06. The molecule has 0 radical (unpaired) electrons. The predicted octanol–water partition coefficient (Wildman–Crippen LogP) is 7.70. The lowest BCUT2D eigenvalue weighted by molar-refractivity contribution is -0.419. The first-order valence-corrected chi connectivity index (χ1v) is 26.5. The van der Waals surface area contributed by atoms with Gasteiger partial charge in [-0.05, 0) is 70.8 Å². The molecule has 3 aromatic heterocycles. The van der Waals surface area contributed by atoms with Gasteiger partial charge in [-0.2, -0.15) is 0 Å². The minimum Gasteiger partial charge on any atom is -0.343 e. The molecule has 426 valence electrons. The van der Waals surface area contributed by atoms with Gasteiger partial charge in [-0.1, -0.05) is 48.5 Å². The summed E-state index contributed by atoms with van der Waals surface area (Å²) in [5.74, 6) is 0. The molecule has 4 aromatic carbocycles. The molecule has 0 fully saturated rings. The topological polar surface area (TPSA) is 552 Å². The van der Waals surface area contributed by atoms with Crippen molar-refractivity contribution in [3.8, 4) is 44.5 Å². The van der Waals surface area contributed by atoms with Crippen molar-refractivity contribution in [3.05, 3.63) is 201 Å². The van der Waals surface area contributed by atoms with E-state index in [9.17, 15) is 116 Å². The summed E-state index contributed by atoms with van der Waals surface area (Å²) in [6.45, 7) is 0. The molecule has 40 heteroatoms. The van der Waals surface area contributed by atoms with Crippen molar-refractivity contribution in [2.75, 3.05) is 0 Å². The molecule has 2 aliphatic heterocycles. The zero-order valence-electron chi connectivity index (χ0n) is 40.3. The summed E-state index contributed by atoms with van der Waals surface area (Å²) in [4.78, 5) is 108. The predicted molar refractivity (Wildman–Crippen MR) is 287 cm³/mol. The molecule has 9 rings (SSSR count). The van der Waals surface area contributed by atoms with Crippen LogP contribution in [0.5, 0.6) is 0 Å². The van der Waals surface area contributed by atoms with E-state index in [0.717, 1.165) is 97.1 Å². The number of aromatic nitrogens is 4. The monoisotopic (exact) mass is 1230 g/mol. The van der Waals surface area contributed by atoms with Gasteiger partial charge in [-0.25, -0.2) is 26.8 Å². The Morgan fingerprint density at radius 2 is 0.464 bits per heavy atom. The third-order valence-corrected chi connectivity index (χ3v) is 15.2. The van der Waals surface area contributed by atoms with Crippen LogP contribution in [0.15, 0.2) is 117 Å². The Hall–Kier alpha value is -10.9. The molecule has 0 aliphatic carbocycles. The molecule has 4 unspecified atom stereocenters. The normalized spacial score (nSPS) is 13.7. The molecule has 0 spiro atoms. The molecular formula is C44H22N12O24S4. The van der Waals surface area contributed by atoms with Crippen molar-refractivity contribution in [1.29, 1.82) is 0 Å². The van der Waals surface area contributed by atoms with E-state index >= 15 is 0 Å². The summed E-state index contributed by atoms with van der Waals surface area (Å²) in [7, 11) is 0. The number of hydrogen-bond donors (Lipinski definition) is 6. The van der Waals surface area contributed by atoms with Gasteiger partial charge in [0.15, 0.2) is 67.1 Å². The van der Waals surface area contributed by atoms with E-state index in [1.807, 2.05) is 0 Å². The van der Waals surface area contributed by atoms with Crippen molar-refractivity contribution in [2.45, 2.75) is 19.6 Å². The Morgan fingerprint density at radius 1 is 0.298 bits per heavy atom. The number of aromatic amines is 2. The molecule has 4 atom stereocenters. The largest absolute Gasteiger partial charge is 0.374 e. The third kappa shape index (κ3) is 9.78. The summed E-state index contributed by atoms with van der Waals surface area (Å²) >= 11 is -11.4. The number of nitrogens with one attached hydrogen (secondary N) is 2. The summed E-state index contributed by atoms with van der Waals surface area (Å²) in [5.41, 5.74) is -33.0. The zero-order valence-corrected chi connectivity index (χ0v) is 43.6. The number of fused-ring (bicyclic) bond motifs is 8. The molecule has 84 heavy (non-hydrogen) atoms. The molecule has 8 bridgehead atoms. The fraction of sp³-hybridized carbons (Fsp3) is 0. The first kappa shape index (κ1) is 57.8. The van der Waals surface area contributed by atoms with Crippen LogP contribution in [0.2, 0.25) is 0 Å². The van der Waals surface area contributed by atoms with Crippen LogP contribution in [-0.2, 0) is 44.3 Å². The van der Waals surface area contributed by atoms with Gasteiger partial charge in [0.1, 0.15) is 22.1 Å². The molecule has 36 nitrogen and oxygen atoms in total. The van der Waals surface area contributed by atoms with Crippen LogP contribution in [0.3, 0.4) is 0 Å². The lowest BCUT2D eigenvalue weighted by atomic mass is 10.00. The number of hydrogen-bond acceptors (Lipinski definition) is 22. The van der Waals surface area contributed by atoms with E-state index in [0.29, 0.717) is 0 Å². The van der Waals surface area contributed by atoms with Gasteiger partial charge in [0.05, 0.1) is 59.0 Å². The molecule has 7 aromatic rings. The van der Waals surface area contributed by atoms with Crippen LogP contribution < -0.4 is 0 Å². The number of benzene rings is 4. The second-order valence-corrected chi connectivity index (χ2v) is 20.7. The SMILES string of the molecule is O=[N+]([O-])C1=C([N+](=O)[O-])c2nc1c(-c1ccc(S(=O)O)cc1)c1[nH]c(c(-c3ccc(S(=O)O)cc3)c3nc(c(-c4ccc(S(=O)O)cc4)c4[nH]c(c2-c2ccc(S(=O)O)cc2)c([N+](=O)[O-])c4[N+](=O)[O-])C([N+](=O)[O-])=C3[N+](=O)[O-])c([N+](=O)[O-])c1[N+](=O)[O-]. The zero-order chi connectivity index (χ0) is 61.2. The molecule has 5 heterocycles. The van der Waals surface area contributed by atoms with Crippen molar-refractivity contribution in [3.63, 3.8) is 0 Å². The van der Waals surface area contributed by atoms with Crippen LogP contribution in [0, 0.1) is 80.9 Å². The minimum atomic E-state index is -2.86. The van der Waals surface area contributed by atoms with E-state index < -0.39 is 238 Å². The maximum absolute atomic E-state index is 13.6. The summed E-state index contributed by atoms with van der Waals surface area (Å²) in [6, 6.07) is 12.8. The van der Waals surface area contributed by atoms with Crippen LogP contribution in [0.25, 0.3) is 89.4 Å². The van der Waals surface area contributed by atoms with Crippen LogP contribution in [-0.4, -0.2) is 94.4 Å². The van der Waals surface area contributed by atoms with E-state index in [4.69, 9.17) is 0 Å². The average molecular weight is 1230 g/mol. The van der Waals surface area contributed by atoms with Gasteiger partial charge < -0.3 is 28.2 Å². The molecular weight excluding hydrogens is 1210 g/mol. The highest BCUT2D eigenvalue weighted by molar-refractivity contribution is 7.80. The highest BCUT2D eigenvalue weighted by atomic mass is 32.2. The van der Waals surface area contributed by atoms with Crippen LogP contribution in [0.4, 0.5) is 22.7 Å². The van der Waals surface area contributed by atoms with Crippen LogP contribution in [0.1, 0.15) is 22.8 Å². The molecule has 0 amide bonds. The maximum Gasteiger partial charge on any atom is 0.374 e. The van der Waals surface area contributed by atoms with E-state index in [1.54, 1.807) is 0 Å². The Kier molecular flexibility index (Phi) is 15.1. The van der Waals surface area contributed by atoms with Gasteiger partial charge in [0, 0.05) is 22.3 Å². The van der Waals surface area contributed by atoms with Crippen molar-refractivity contribution in [1.82, 2.24) is 19.9 Å². The summed E-state index contributed by atoms with van der Waals surface area (Å²) in [6.07, 6.45) is 0. The van der Waals surface area contributed by atoms with Gasteiger partial charge in [-0.3, -0.25) is 80.9 Å². The highest BCUT2D eigenvalue weighted by Crippen LogP contribution is 2.53. The van der Waals surface area contributed by atoms with Gasteiger partial charge in [0.2, 0.25) is 0 Å². The summed E-state index contributed by atoms with van der Waals surface area (Å²) in [5, 5.41) is 109. The fourth-order valence-electron chi connectivity index (χ4n) is 9.22. The van der Waals surface area contributed by atoms with Gasteiger partial charge in [0.25, 0.3) is 0 Å². The number of H-pyrrole nitrogens is 2. The molecule has 0 saturated heterocycles. The number of rotatable bonds is 16. The van der Waals surface area contributed by atoms with E-state index in [2.05, 4.69) is 19.9 Å². The second-order valence-electron chi connectivity index (χ2n) is 16.8. The number of nitrogens with zero attached hydrogens (tertiary/aromatic N) is 10. The first-order chi connectivity index (χ1) is 39.7. The lowest BCUT2D eigenvalue weighted by Crippen LogP contribution is -2.06. The van der Waals surface area contributed by atoms with E-state index in [-0.39, 0.29) is 0 Å². The van der Waals surface area contributed by atoms with Crippen molar-refractivity contribution < 1.29 is 74.4 Å². The summed E-state index contributed by atoms with van der Waals surface area (Å²) < 4.78 is 88.8. The average Bonchev–Trinajstić information content (AvgIpc) is 1.87. The first-order valence-electron chi connectivity index (χ1n) is 22.1. The third-order valence-electron chi connectivity index (χ3n) is 12.5. The van der Waals surface area contributed by atoms with E-state index in [1.165, 1.54) is 0 Å². The van der Waals surface area contributed by atoms with Crippen molar-refractivity contribution in [2.24, 2.45) is 0 Å². The van der Waals surface area contributed by atoms with Crippen LogP contribution >= 0.6 is 0 Å². The Labute approximate surface area is 469 Å². The Morgan fingerprint density at radius 3 is 0.595 bits per heavy atom. The molecule has 0 saturated carbocycles. The standard InChI is InChI=1S/C44H22N12O24S4/c57-49(58)37-29-25(17-1-9-21(10-2-17)81(73)74)30-38(50(59)60)40(52(63)64)32(46-30)27(19-5-13-23(14-6-19)83(77)78)34-42(54(67)68)44(56(71)72)36(48-34)28(20-7-15-24(16-8-20)84(79)80)35-43(55(69)70)41(53(65)66)33(47-35)26(31(45-29)39(37)51(61)62)18-3-11-22(12-4-18)82(75)76/h1-16,45,48H,(H,73,74)(H,75,76)(H,77,78)(H,79,80). The molecule has 6 N–H and O–H groups in total. The number of nitro groups is 8. The highest BCUT2D eigenvalue weighted by Gasteiger charge is 2.50. The quantitative estimate of drug-likeness (QED) is 0.0306. The smallest absolute Gasteiger partial charge is 0.343 e. The van der Waals surface area contributed by atoms with Gasteiger partial charge in [-0.15, -0.1) is 0 Å². The maximum atomic E-state index is 13.6. The molecule has 2 aliphatic rings. The Bertz CT molecular complexity index is 4000. The van der Waals surface area contributed by atoms with Gasteiger partial charge >= 0.3 is 45.5 Å². The minimum absolute atomic E-state index is 0.471. The van der Waals surface area contributed by atoms with Crippen molar-refractivity contribution >= 4 is 112 Å². The second kappa shape index (κ2) is 21.9. The fourth-order valence-corrected chi connectivity index (χ4v) is 10.7. The Balaban J connectivity index is 1.80.